The van der Waals surface area contributed by atoms with Gasteiger partial charge in [-0.05, 0) is 37.1 Å². The topological polar surface area (TPSA) is 21.3 Å². The number of benzene rings is 1. The Labute approximate surface area is 112 Å². The molecule has 1 aromatic rings. The summed E-state index contributed by atoms with van der Waals surface area (Å²) in [5.41, 5.74) is 0.992. The van der Waals surface area contributed by atoms with Crippen LogP contribution in [-0.4, -0.2) is 19.2 Å². The molecule has 4 heteroatoms. The van der Waals surface area contributed by atoms with Crippen LogP contribution < -0.4 is 5.32 Å². The molecule has 94 valence electrons. The first-order valence-corrected chi connectivity index (χ1v) is 6.76. The van der Waals surface area contributed by atoms with Gasteiger partial charge in [-0.15, -0.1) is 0 Å². The molecule has 0 radical (unpaired) electrons. The maximum absolute atomic E-state index is 6.07. The molecule has 0 aliphatic carbocycles. The summed E-state index contributed by atoms with van der Waals surface area (Å²) in [4.78, 5) is 0. The molecule has 1 N–H and O–H groups in total. The van der Waals surface area contributed by atoms with Crippen LogP contribution in [0.15, 0.2) is 18.2 Å². The van der Waals surface area contributed by atoms with Crippen molar-refractivity contribution in [1.29, 1.82) is 0 Å². The van der Waals surface area contributed by atoms with Gasteiger partial charge in [0.15, 0.2) is 0 Å². The molecule has 0 bridgehead atoms. The summed E-state index contributed by atoms with van der Waals surface area (Å²) in [6.45, 7) is 2.41. The van der Waals surface area contributed by atoms with E-state index in [9.17, 15) is 0 Å². The second kappa shape index (κ2) is 6.60. The maximum Gasteiger partial charge on any atom is 0.0732 e. The van der Waals surface area contributed by atoms with Crippen LogP contribution in [0.4, 0.5) is 0 Å². The van der Waals surface area contributed by atoms with E-state index in [0.29, 0.717) is 22.7 Å². The maximum atomic E-state index is 6.07. The first-order chi connectivity index (χ1) is 8.25. The summed E-state index contributed by atoms with van der Waals surface area (Å²) >= 11 is 11.9. The Kier molecular flexibility index (Phi) is 5.11. The second-order valence-electron chi connectivity index (χ2n) is 4.40. The van der Waals surface area contributed by atoms with Crippen molar-refractivity contribution < 1.29 is 4.74 Å². The third kappa shape index (κ3) is 4.14. The zero-order chi connectivity index (χ0) is 12.1. The van der Waals surface area contributed by atoms with E-state index in [2.05, 4.69) is 5.32 Å². The lowest BCUT2D eigenvalue weighted by Gasteiger charge is -2.23. The number of nitrogens with one attached hydrogen (secondary N) is 1. The molecule has 1 aromatic carbocycles. The fourth-order valence-corrected chi connectivity index (χ4v) is 2.48. The molecule has 0 saturated carbocycles. The molecule has 1 saturated heterocycles. The predicted molar refractivity (Wildman–Crippen MR) is 71.8 cm³/mol. The van der Waals surface area contributed by atoms with E-state index in [4.69, 9.17) is 27.9 Å². The molecule has 17 heavy (non-hydrogen) atoms. The SMILES string of the molecule is Clc1ccc(COC[C@H]2CCCCN2)c(Cl)c1. The highest BCUT2D eigenvalue weighted by Gasteiger charge is 2.12. The van der Waals surface area contributed by atoms with Gasteiger partial charge in [0.25, 0.3) is 0 Å². The van der Waals surface area contributed by atoms with Gasteiger partial charge in [-0.3, -0.25) is 0 Å². The van der Waals surface area contributed by atoms with Gasteiger partial charge < -0.3 is 10.1 Å². The van der Waals surface area contributed by atoms with Crippen molar-refractivity contribution in [3.8, 4) is 0 Å². The van der Waals surface area contributed by atoms with E-state index in [0.717, 1.165) is 18.7 Å². The van der Waals surface area contributed by atoms with Crippen LogP contribution in [0.2, 0.25) is 10.0 Å². The zero-order valence-corrected chi connectivity index (χ0v) is 11.2. The van der Waals surface area contributed by atoms with Crippen molar-refractivity contribution in [2.75, 3.05) is 13.2 Å². The van der Waals surface area contributed by atoms with Gasteiger partial charge in [0.1, 0.15) is 0 Å². The second-order valence-corrected chi connectivity index (χ2v) is 5.24. The first kappa shape index (κ1) is 13.2. The molecule has 1 atom stereocenters. The first-order valence-electron chi connectivity index (χ1n) is 6.01. The van der Waals surface area contributed by atoms with Crippen molar-refractivity contribution in [3.05, 3.63) is 33.8 Å². The van der Waals surface area contributed by atoms with Crippen molar-refractivity contribution in [1.82, 2.24) is 5.32 Å². The minimum Gasteiger partial charge on any atom is -0.375 e. The minimum absolute atomic E-state index is 0.495. The highest BCUT2D eigenvalue weighted by Crippen LogP contribution is 2.21. The van der Waals surface area contributed by atoms with Crippen LogP contribution >= 0.6 is 23.2 Å². The summed E-state index contributed by atoms with van der Waals surface area (Å²) in [6.07, 6.45) is 3.77. The molecule has 1 aliphatic heterocycles. The summed E-state index contributed by atoms with van der Waals surface area (Å²) in [6, 6.07) is 6.00. The fourth-order valence-electron chi connectivity index (χ4n) is 2.02. The summed E-state index contributed by atoms with van der Waals surface area (Å²) in [5.74, 6) is 0. The van der Waals surface area contributed by atoms with Gasteiger partial charge in [0, 0.05) is 16.1 Å². The molecule has 2 rings (SSSR count). The number of hydrogen-bond donors (Lipinski definition) is 1. The Hall–Kier alpha value is -0.280. The summed E-state index contributed by atoms with van der Waals surface area (Å²) in [7, 11) is 0. The standard InChI is InChI=1S/C13H17Cl2NO/c14-11-5-4-10(13(15)7-11)8-17-9-12-3-1-2-6-16-12/h4-5,7,12,16H,1-3,6,8-9H2/t12-/m1/s1. The Bertz CT molecular complexity index is 364. The van der Waals surface area contributed by atoms with E-state index >= 15 is 0 Å². The van der Waals surface area contributed by atoms with Crippen molar-refractivity contribution in [3.63, 3.8) is 0 Å². The monoisotopic (exact) mass is 273 g/mol. The molecule has 0 spiro atoms. The lowest BCUT2D eigenvalue weighted by molar-refractivity contribution is 0.0912. The lowest BCUT2D eigenvalue weighted by Crippen LogP contribution is -2.37. The molecule has 1 aliphatic rings. The van der Waals surface area contributed by atoms with Crippen molar-refractivity contribution in [2.45, 2.75) is 31.9 Å². The third-order valence-electron chi connectivity index (χ3n) is 3.00. The summed E-state index contributed by atoms with van der Waals surface area (Å²) in [5, 5.41) is 4.78. The fraction of sp³-hybridized carbons (Fsp3) is 0.538. The Morgan fingerprint density at radius 2 is 2.18 bits per heavy atom. The average Bonchev–Trinajstić information content (AvgIpc) is 2.33. The smallest absolute Gasteiger partial charge is 0.0732 e. The van der Waals surface area contributed by atoms with Gasteiger partial charge in [0.05, 0.1) is 13.2 Å². The number of piperidine rings is 1. The minimum atomic E-state index is 0.495. The lowest BCUT2D eigenvalue weighted by atomic mass is 10.1. The molecular weight excluding hydrogens is 257 g/mol. The number of hydrogen-bond acceptors (Lipinski definition) is 2. The molecule has 0 amide bonds. The number of rotatable bonds is 4. The van der Waals surface area contributed by atoms with Crippen LogP contribution in [0, 0.1) is 0 Å². The van der Waals surface area contributed by atoms with E-state index in [-0.39, 0.29) is 0 Å². The van der Waals surface area contributed by atoms with E-state index in [1.807, 2.05) is 12.1 Å². The average molecular weight is 274 g/mol. The highest BCUT2D eigenvalue weighted by atomic mass is 35.5. The van der Waals surface area contributed by atoms with Gasteiger partial charge in [0.2, 0.25) is 0 Å². The van der Waals surface area contributed by atoms with Crippen LogP contribution in [0.25, 0.3) is 0 Å². The van der Waals surface area contributed by atoms with Crippen molar-refractivity contribution >= 4 is 23.2 Å². The third-order valence-corrected chi connectivity index (χ3v) is 3.59. The Morgan fingerprint density at radius 3 is 2.88 bits per heavy atom. The van der Waals surface area contributed by atoms with E-state index in [1.54, 1.807) is 6.07 Å². The number of ether oxygens (including phenoxy) is 1. The van der Waals surface area contributed by atoms with Crippen molar-refractivity contribution in [2.24, 2.45) is 0 Å². The van der Waals surface area contributed by atoms with Gasteiger partial charge in [-0.25, -0.2) is 0 Å². The van der Waals surface area contributed by atoms with Crippen LogP contribution in [-0.2, 0) is 11.3 Å². The molecule has 1 fully saturated rings. The molecule has 0 aromatic heterocycles. The number of halogens is 2. The zero-order valence-electron chi connectivity index (χ0n) is 9.72. The molecule has 2 nitrogen and oxygen atoms in total. The Balaban J connectivity index is 1.77. The predicted octanol–water partition coefficient (Wildman–Crippen LogP) is 3.65. The Morgan fingerprint density at radius 1 is 1.29 bits per heavy atom. The molecule has 0 unspecified atom stereocenters. The van der Waals surface area contributed by atoms with Crippen LogP contribution in [0.1, 0.15) is 24.8 Å². The van der Waals surface area contributed by atoms with Gasteiger partial charge >= 0.3 is 0 Å². The normalized spacial score (nSPS) is 20.5. The molecule has 1 heterocycles. The van der Waals surface area contributed by atoms with Crippen LogP contribution in [0.3, 0.4) is 0 Å². The van der Waals surface area contributed by atoms with Gasteiger partial charge in [-0.1, -0.05) is 35.7 Å². The highest BCUT2D eigenvalue weighted by molar-refractivity contribution is 6.35. The van der Waals surface area contributed by atoms with Crippen LogP contribution in [0.5, 0.6) is 0 Å². The molecular formula is C13H17Cl2NO. The quantitative estimate of drug-likeness (QED) is 0.904. The largest absolute Gasteiger partial charge is 0.375 e. The van der Waals surface area contributed by atoms with E-state index < -0.39 is 0 Å². The van der Waals surface area contributed by atoms with E-state index in [1.165, 1.54) is 19.3 Å². The summed E-state index contributed by atoms with van der Waals surface area (Å²) < 4.78 is 5.69. The van der Waals surface area contributed by atoms with Gasteiger partial charge in [-0.2, -0.15) is 0 Å².